The van der Waals surface area contributed by atoms with Gasteiger partial charge < -0.3 is 15.4 Å². The van der Waals surface area contributed by atoms with E-state index < -0.39 is 0 Å². The average molecular weight is 270 g/mol. The van der Waals surface area contributed by atoms with Crippen LogP contribution in [-0.4, -0.2) is 20.2 Å². The Labute approximate surface area is 121 Å². The molecule has 106 valence electrons. The first kappa shape index (κ1) is 14.4. The number of likely N-dealkylation sites (N-methyl/N-ethyl adjacent to an activating group) is 1. The van der Waals surface area contributed by atoms with E-state index in [1.807, 2.05) is 30.3 Å². The molecule has 0 saturated heterocycles. The van der Waals surface area contributed by atoms with Gasteiger partial charge in [-0.25, -0.2) is 0 Å². The molecule has 0 aliphatic rings. The quantitative estimate of drug-likeness (QED) is 0.876. The highest BCUT2D eigenvalue weighted by Gasteiger charge is 2.11. The first-order valence-corrected chi connectivity index (χ1v) is 6.94. The summed E-state index contributed by atoms with van der Waals surface area (Å²) in [6, 6.07) is 18.3. The summed E-state index contributed by atoms with van der Waals surface area (Å²) < 4.78 is 5.17. The molecule has 0 saturated carbocycles. The van der Waals surface area contributed by atoms with E-state index in [2.05, 4.69) is 36.1 Å². The minimum absolute atomic E-state index is 0.0129. The standard InChI is InChI=1S/C17H22N2O/c1-3-19(15-7-5-4-6-8-15)13-17(18)14-9-11-16(20-2)12-10-14/h4-12,17H,3,13,18H2,1-2H3. The molecule has 20 heavy (non-hydrogen) atoms. The molecule has 2 N–H and O–H groups in total. The van der Waals surface area contributed by atoms with Crippen LogP contribution in [0.3, 0.4) is 0 Å². The van der Waals surface area contributed by atoms with E-state index in [1.165, 1.54) is 5.69 Å². The van der Waals surface area contributed by atoms with Gasteiger partial charge in [0.05, 0.1) is 7.11 Å². The van der Waals surface area contributed by atoms with E-state index in [0.29, 0.717) is 0 Å². The third kappa shape index (κ3) is 3.52. The van der Waals surface area contributed by atoms with Gasteiger partial charge in [-0.3, -0.25) is 0 Å². The van der Waals surface area contributed by atoms with Gasteiger partial charge in [0.15, 0.2) is 0 Å². The van der Waals surface area contributed by atoms with Gasteiger partial charge in [-0.1, -0.05) is 30.3 Å². The van der Waals surface area contributed by atoms with Crippen molar-refractivity contribution in [3.63, 3.8) is 0 Å². The second-order valence-electron chi connectivity index (χ2n) is 4.75. The highest BCUT2D eigenvalue weighted by atomic mass is 16.5. The molecule has 0 bridgehead atoms. The van der Waals surface area contributed by atoms with E-state index in [9.17, 15) is 0 Å². The molecule has 2 aromatic carbocycles. The molecule has 0 aromatic heterocycles. The number of hydrogen-bond acceptors (Lipinski definition) is 3. The minimum atomic E-state index is -0.0129. The maximum atomic E-state index is 6.32. The van der Waals surface area contributed by atoms with Crippen LogP contribution in [0.5, 0.6) is 5.75 Å². The zero-order valence-electron chi connectivity index (χ0n) is 12.1. The van der Waals surface area contributed by atoms with E-state index in [1.54, 1.807) is 7.11 Å². The number of benzene rings is 2. The molecule has 0 spiro atoms. The number of methoxy groups -OCH3 is 1. The molecule has 3 nitrogen and oxygen atoms in total. The number of ether oxygens (including phenoxy) is 1. The van der Waals surface area contributed by atoms with E-state index in [-0.39, 0.29) is 6.04 Å². The fourth-order valence-electron chi connectivity index (χ4n) is 2.25. The monoisotopic (exact) mass is 270 g/mol. The smallest absolute Gasteiger partial charge is 0.118 e. The molecule has 0 fully saturated rings. The van der Waals surface area contributed by atoms with Crippen LogP contribution in [0.4, 0.5) is 5.69 Å². The van der Waals surface area contributed by atoms with E-state index in [0.717, 1.165) is 24.4 Å². The Balaban J connectivity index is 2.06. The summed E-state index contributed by atoms with van der Waals surface area (Å²) in [7, 11) is 1.67. The first-order chi connectivity index (χ1) is 9.74. The molecular weight excluding hydrogens is 248 g/mol. The first-order valence-electron chi connectivity index (χ1n) is 6.94. The zero-order chi connectivity index (χ0) is 14.4. The summed E-state index contributed by atoms with van der Waals surface area (Å²) in [5.74, 6) is 0.858. The van der Waals surface area contributed by atoms with Crippen LogP contribution in [0.2, 0.25) is 0 Å². The van der Waals surface area contributed by atoms with Gasteiger partial charge in [-0.05, 0) is 36.8 Å². The highest BCUT2D eigenvalue weighted by molar-refractivity contribution is 5.46. The van der Waals surface area contributed by atoms with Gasteiger partial charge in [0.25, 0.3) is 0 Å². The number of hydrogen-bond donors (Lipinski definition) is 1. The highest BCUT2D eigenvalue weighted by Crippen LogP contribution is 2.20. The third-order valence-corrected chi connectivity index (χ3v) is 3.46. The largest absolute Gasteiger partial charge is 0.497 e. The maximum Gasteiger partial charge on any atom is 0.118 e. The molecule has 0 aliphatic heterocycles. The summed E-state index contributed by atoms with van der Waals surface area (Å²) in [5, 5.41) is 0. The summed E-state index contributed by atoms with van der Waals surface area (Å²) >= 11 is 0. The number of rotatable bonds is 6. The number of para-hydroxylation sites is 1. The van der Waals surface area contributed by atoms with Gasteiger partial charge in [-0.15, -0.1) is 0 Å². The van der Waals surface area contributed by atoms with Crippen molar-refractivity contribution in [1.82, 2.24) is 0 Å². The molecule has 0 radical (unpaired) electrons. The van der Waals surface area contributed by atoms with Crippen LogP contribution >= 0.6 is 0 Å². The summed E-state index contributed by atoms with van der Waals surface area (Å²) in [6.07, 6.45) is 0. The van der Waals surface area contributed by atoms with Crippen molar-refractivity contribution in [2.75, 3.05) is 25.1 Å². The van der Waals surface area contributed by atoms with Crippen LogP contribution < -0.4 is 15.4 Å². The Morgan fingerprint density at radius 2 is 1.70 bits per heavy atom. The number of nitrogens with two attached hydrogens (primary N) is 1. The predicted molar refractivity (Wildman–Crippen MR) is 84.3 cm³/mol. The normalized spacial score (nSPS) is 11.9. The summed E-state index contributed by atoms with van der Waals surface area (Å²) in [4.78, 5) is 2.29. The summed E-state index contributed by atoms with van der Waals surface area (Å²) in [5.41, 5.74) is 8.65. The second-order valence-corrected chi connectivity index (χ2v) is 4.75. The van der Waals surface area contributed by atoms with Crippen molar-refractivity contribution in [2.45, 2.75) is 13.0 Å². The molecule has 2 rings (SSSR count). The van der Waals surface area contributed by atoms with Crippen LogP contribution in [0, 0.1) is 0 Å². The number of nitrogens with zero attached hydrogens (tertiary/aromatic N) is 1. The Morgan fingerprint density at radius 3 is 2.25 bits per heavy atom. The predicted octanol–water partition coefficient (Wildman–Crippen LogP) is 3.22. The van der Waals surface area contributed by atoms with Crippen molar-refractivity contribution >= 4 is 5.69 Å². The Hall–Kier alpha value is -2.00. The van der Waals surface area contributed by atoms with E-state index >= 15 is 0 Å². The molecule has 1 unspecified atom stereocenters. The van der Waals surface area contributed by atoms with Crippen molar-refractivity contribution in [2.24, 2.45) is 5.73 Å². The third-order valence-electron chi connectivity index (χ3n) is 3.46. The Morgan fingerprint density at radius 1 is 1.05 bits per heavy atom. The second kappa shape index (κ2) is 6.96. The molecule has 0 amide bonds. The van der Waals surface area contributed by atoms with Crippen LogP contribution in [-0.2, 0) is 0 Å². The van der Waals surface area contributed by atoms with Gasteiger partial charge in [0.2, 0.25) is 0 Å². The topological polar surface area (TPSA) is 38.5 Å². The molecular formula is C17H22N2O. The van der Waals surface area contributed by atoms with Crippen LogP contribution in [0.15, 0.2) is 54.6 Å². The van der Waals surface area contributed by atoms with E-state index in [4.69, 9.17) is 10.5 Å². The zero-order valence-corrected chi connectivity index (χ0v) is 12.1. The lowest BCUT2D eigenvalue weighted by Gasteiger charge is -2.26. The molecule has 3 heteroatoms. The lowest BCUT2D eigenvalue weighted by Crippen LogP contribution is -2.32. The van der Waals surface area contributed by atoms with Crippen molar-refractivity contribution in [3.8, 4) is 5.75 Å². The fourth-order valence-corrected chi connectivity index (χ4v) is 2.25. The van der Waals surface area contributed by atoms with Gasteiger partial charge in [0.1, 0.15) is 5.75 Å². The van der Waals surface area contributed by atoms with Crippen molar-refractivity contribution < 1.29 is 4.74 Å². The Kier molecular flexibility index (Phi) is 5.02. The van der Waals surface area contributed by atoms with Gasteiger partial charge in [0, 0.05) is 24.8 Å². The lowest BCUT2D eigenvalue weighted by molar-refractivity contribution is 0.414. The van der Waals surface area contributed by atoms with Gasteiger partial charge in [-0.2, -0.15) is 0 Å². The average Bonchev–Trinajstić information content (AvgIpc) is 2.53. The Bertz CT molecular complexity index is 510. The lowest BCUT2D eigenvalue weighted by atomic mass is 10.1. The van der Waals surface area contributed by atoms with Crippen molar-refractivity contribution in [1.29, 1.82) is 0 Å². The molecule has 2 aromatic rings. The molecule has 0 aliphatic carbocycles. The van der Waals surface area contributed by atoms with Crippen LogP contribution in [0.1, 0.15) is 18.5 Å². The number of anilines is 1. The SMILES string of the molecule is CCN(CC(N)c1ccc(OC)cc1)c1ccccc1. The fraction of sp³-hybridized carbons (Fsp3) is 0.294. The van der Waals surface area contributed by atoms with Crippen LogP contribution in [0.25, 0.3) is 0 Å². The maximum absolute atomic E-state index is 6.32. The van der Waals surface area contributed by atoms with Gasteiger partial charge >= 0.3 is 0 Å². The molecule has 0 heterocycles. The minimum Gasteiger partial charge on any atom is -0.497 e. The van der Waals surface area contributed by atoms with Crippen molar-refractivity contribution in [3.05, 3.63) is 60.2 Å². The summed E-state index contributed by atoms with van der Waals surface area (Å²) in [6.45, 7) is 3.88. The molecule has 1 atom stereocenters.